The van der Waals surface area contributed by atoms with E-state index in [0.29, 0.717) is 12.5 Å². The molecule has 106 valence electrons. The normalized spacial score (nSPS) is 18.5. The molecule has 2 heterocycles. The molecule has 0 saturated carbocycles. The van der Waals surface area contributed by atoms with E-state index in [-0.39, 0.29) is 12.5 Å². The van der Waals surface area contributed by atoms with Crippen molar-refractivity contribution < 1.29 is 9.53 Å². The third-order valence-electron chi connectivity index (χ3n) is 3.51. The van der Waals surface area contributed by atoms with E-state index in [1.54, 1.807) is 0 Å². The van der Waals surface area contributed by atoms with Gasteiger partial charge in [0.05, 0.1) is 0 Å². The molecule has 1 amide bonds. The Kier molecular flexibility index (Phi) is 3.92. The highest BCUT2D eigenvalue weighted by molar-refractivity contribution is 5.76. The maximum absolute atomic E-state index is 11.8. The Labute approximate surface area is 117 Å². The molecule has 0 radical (unpaired) electrons. The number of benzene rings is 1. The van der Waals surface area contributed by atoms with Gasteiger partial charge < -0.3 is 10.1 Å². The number of rotatable bonds is 5. The maximum atomic E-state index is 11.8. The van der Waals surface area contributed by atoms with Crippen molar-refractivity contribution in [2.24, 2.45) is 5.92 Å². The number of amides is 1. The Hall–Kier alpha value is -1.95. The third kappa shape index (κ3) is 3.14. The number of fused-ring (bicyclic) bond motifs is 1. The molecule has 0 unspecified atom stereocenters. The molecule has 20 heavy (non-hydrogen) atoms. The summed E-state index contributed by atoms with van der Waals surface area (Å²) < 4.78 is 5.31. The molecule has 0 bridgehead atoms. The molecule has 1 atom stereocenters. The predicted octanol–water partition coefficient (Wildman–Crippen LogP) is 0.974. The number of carbonyl (C=O) groups is 1. The maximum Gasteiger partial charge on any atom is 0.243 e. The van der Waals surface area contributed by atoms with Gasteiger partial charge in [0.1, 0.15) is 17.6 Å². The van der Waals surface area contributed by atoms with Crippen LogP contribution in [0.3, 0.4) is 0 Å². The Morgan fingerprint density at radius 1 is 1.35 bits per heavy atom. The van der Waals surface area contributed by atoms with E-state index in [4.69, 9.17) is 4.74 Å². The first-order valence-corrected chi connectivity index (χ1v) is 6.95. The minimum Gasteiger partial charge on any atom is -0.381 e. The summed E-state index contributed by atoms with van der Waals surface area (Å²) in [6, 6.07) is 7.59. The smallest absolute Gasteiger partial charge is 0.243 e. The van der Waals surface area contributed by atoms with Crippen LogP contribution in [0.2, 0.25) is 0 Å². The van der Waals surface area contributed by atoms with Crippen LogP contribution in [-0.2, 0) is 16.1 Å². The molecule has 0 spiro atoms. The fourth-order valence-corrected chi connectivity index (χ4v) is 2.39. The van der Waals surface area contributed by atoms with Gasteiger partial charge in [0.15, 0.2) is 0 Å². The third-order valence-corrected chi connectivity index (χ3v) is 3.51. The first kappa shape index (κ1) is 13.1. The lowest BCUT2D eigenvalue weighted by Crippen LogP contribution is -2.30. The zero-order chi connectivity index (χ0) is 13.8. The molecule has 2 aromatic rings. The zero-order valence-electron chi connectivity index (χ0n) is 11.3. The highest BCUT2D eigenvalue weighted by atomic mass is 16.5. The van der Waals surface area contributed by atoms with Crippen molar-refractivity contribution in [3.63, 3.8) is 0 Å². The van der Waals surface area contributed by atoms with E-state index in [0.717, 1.165) is 37.1 Å². The lowest BCUT2D eigenvalue weighted by atomic mass is 10.1. The molecular weight excluding hydrogens is 256 g/mol. The van der Waals surface area contributed by atoms with Crippen LogP contribution in [0.15, 0.2) is 24.3 Å². The number of ether oxygens (including phenoxy) is 1. The van der Waals surface area contributed by atoms with Gasteiger partial charge in [0, 0.05) is 19.8 Å². The van der Waals surface area contributed by atoms with Gasteiger partial charge in [0.25, 0.3) is 0 Å². The first-order chi connectivity index (χ1) is 9.81. The van der Waals surface area contributed by atoms with Crippen LogP contribution in [0, 0.1) is 5.92 Å². The van der Waals surface area contributed by atoms with Crippen LogP contribution in [0.4, 0.5) is 0 Å². The van der Waals surface area contributed by atoms with Gasteiger partial charge in [-0.3, -0.25) is 4.79 Å². The Morgan fingerprint density at radius 2 is 2.10 bits per heavy atom. The number of hydrogen-bond donors (Lipinski definition) is 1. The number of aromatic nitrogens is 3. The van der Waals surface area contributed by atoms with E-state index in [1.807, 2.05) is 24.3 Å². The standard InChI is InChI=1S/C14H18N4O2/c19-14(15-7-5-11-6-8-20-10-11)9-18-16-12-3-1-2-4-13(12)17-18/h1-4,11H,5-10H2,(H,15,19)/t11-/m0/s1. The number of carbonyl (C=O) groups excluding carboxylic acids is 1. The number of hydrogen-bond acceptors (Lipinski definition) is 4. The summed E-state index contributed by atoms with van der Waals surface area (Å²) in [5, 5.41) is 11.4. The molecule has 1 aromatic heterocycles. The summed E-state index contributed by atoms with van der Waals surface area (Å²) in [6.07, 6.45) is 2.07. The Bertz CT molecular complexity index is 557. The molecule has 1 fully saturated rings. The molecule has 1 aliphatic heterocycles. The summed E-state index contributed by atoms with van der Waals surface area (Å²) in [4.78, 5) is 13.3. The minimum absolute atomic E-state index is 0.0516. The van der Waals surface area contributed by atoms with Crippen molar-refractivity contribution in [3.8, 4) is 0 Å². The van der Waals surface area contributed by atoms with Gasteiger partial charge in [-0.15, -0.1) is 0 Å². The van der Waals surface area contributed by atoms with Crippen molar-refractivity contribution in [2.75, 3.05) is 19.8 Å². The monoisotopic (exact) mass is 274 g/mol. The van der Waals surface area contributed by atoms with Crippen LogP contribution in [0.25, 0.3) is 11.0 Å². The Morgan fingerprint density at radius 3 is 2.75 bits per heavy atom. The van der Waals surface area contributed by atoms with Crippen LogP contribution < -0.4 is 5.32 Å². The fraction of sp³-hybridized carbons (Fsp3) is 0.500. The van der Waals surface area contributed by atoms with E-state index in [2.05, 4.69) is 15.5 Å². The molecule has 0 aliphatic carbocycles. The van der Waals surface area contributed by atoms with Crippen molar-refractivity contribution in [3.05, 3.63) is 24.3 Å². The molecule has 1 aromatic carbocycles. The van der Waals surface area contributed by atoms with Crippen LogP contribution in [0.5, 0.6) is 0 Å². The summed E-state index contributed by atoms with van der Waals surface area (Å²) in [6.45, 7) is 2.52. The molecule has 1 N–H and O–H groups in total. The van der Waals surface area contributed by atoms with Gasteiger partial charge >= 0.3 is 0 Å². The second kappa shape index (κ2) is 6.00. The lowest BCUT2D eigenvalue weighted by molar-refractivity contribution is -0.122. The Balaban J connectivity index is 1.48. The SMILES string of the molecule is O=C(Cn1nc2ccccc2n1)NCC[C@H]1CCOC1. The van der Waals surface area contributed by atoms with Crippen LogP contribution >= 0.6 is 0 Å². The first-order valence-electron chi connectivity index (χ1n) is 6.95. The zero-order valence-corrected chi connectivity index (χ0v) is 11.3. The molecule has 1 aliphatic rings. The van der Waals surface area contributed by atoms with E-state index in [9.17, 15) is 4.79 Å². The summed E-state index contributed by atoms with van der Waals surface area (Å²) >= 11 is 0. The second-order valence-corrected chi connectivity index (χ2v) is 5.09. The summed E-state index contributed by atoms with van der Waals surface area (Å²) in [7, 11) is 0. The van der Waals surface area contributed by atoms with Crippen molar-refractivity contribution in [2.45, 2.75) is 19.4 Å². The highest BCUT2D eigenvalue weighted by Gasteiger charge is 2.15. The predicted molar refractivity (Wildman–Crippen MR) is 74.1 cm³/mol. The largest absolute Gasteiger partial charge is 0.381 e. The van der Waals surface area contributed by atoms with Crippen LogP contribution in [-0.4, -0.2) is 40.7 Å². The molecule has 1 saturated heterocycles. The molecule has 6 heteroatoms. The molecule has 6 nitrogen and oxygen atoms in total. The average molecular weight is 274 g/mol. The second-order valence-electron chi connectivity index (χ2n) is 5.09. The topological polar surface area (TPSA) is 69.0 Å². The van der Waals surface area contributed by atoms with E-state index in [1.165, 1.54) is 4.80 Å². The van der Waals surface area contributed by atoms with Gasteiger partial charge in [-0.1, -0.05) is 12.1 Å². The van der Waals surface area contributed by atoms with Crippen molar-refractivity contribution in [1.82, 2.24) is 20.3 Å². The molecular formula is C14H18N4O2. The quantitative estimate of drug-likeness (QED) is 0.882. The van der Waals surface area contributed by atoms with Gasteiger partial charge in [0.2, 0.25) is 5.91 Å². The van der Waals surface area contributed by atoms with E-state index >= 15 is 0 Å². The lowest BCUT2D eigenvalue weighted by Gasteiger charge is -2.08. The minimum atomic E-state index is -0.0516. The van der Waals surface area contributed by atoms with E-state index < -0.39 is 0 Å². The van der Waals surface area contributed by atoms with Crippen molar-refractivity contribution >= 4 is 16.9 Å². The van der Waals surface area contributed by atoms with Gasteiger partial charge in [-0.25, -0.2) is 0 Å². The summed E-state index contributed by atoms with van der Waals surface area (Å²) in [5.41, 5.74) is 1.62. The van der Waals surface area contributed by atoms with Gasteiger partial charge in [-0.2, -0.15) is 15.0 Å². The van der Waals surface area contributed by atoms with Gasteiger partial charge in [-0.05, 0) is 30.9 Å². The average Bonchev–Trinajstić information content (AvgIpc) is 3.06. The van der Waals surface area contributed by atoms with Crippen molar-refractivity contribution in [1.29, 1.82) is 0 Å². The number of nitrogens with zero attached hydrogens (tertiary/aromatic N) is 3. The number of nitrogens with one attached hydrogen (secondary N) is 1. The summed E-state index contributed by atoms with van der Waals surface area (Å²) in [5.74, 6) is 0.532. The highest BCUT2D eigenvalue weighted by Crippen LogP contribution is 2.15. The molecule has 3 rings (SSSR count). The fourth-order valence-electron chi connectivity index (χ4n) is 2.39. The van der Waals surface area contributed by atoms with Crippen LogP contribution in [0.1, 0.15) is 12.8 Å².